The van der Waals surface area contributed by atoms with Crippen LogP contribution in [0, 0.1) is 0 Å². The van der Waals surface area contributed by atoms with Gasteiger partial charge in [-0.2, -0.15) is 0 Å². The van der Waals surface area contributed by atoms with E-state index in [-0.39, 0.29) is 35.9 Å². The molecule has 0 spiro atoms. The first kappa shape index (κ1) is 26.7. The van der Waals surface area contributed by atoms with E-state index in [0.717, 1.165) is 22.7 Å². The SMILES string of the molecule is CCCCNC(=O)[C@@H](CC)N(Cc1ccc(Cl)cc1)C(=O)CCN1C(=O)c2ccccc2S1(=O)=O. The maximum atomic E-state index is 13.4. The van der Waals surface area contributed by atoms with Gasteiger partial charge in [0, 0.05) is 31.1 Å². The van der Waals surface area contributed by atoms with Crippen LogP contribution in [0.5, 0.6) is 0 Å². The highest BCUT2D eigenvalue weighted by atomic mass is 35.5. The average molecular weight is 520 g/mol. The van der Waals surface area contributed by atoms with Gasteiger partial charge in [-0.1, -0.05) is 56.1 Å². The second kappa shape index (κ2) is 11.7. The maximum Gasteiger partial charge on any atom is 0.269 e. The summed E-state index contributed by atoms with van der Waals surface area (Å²) in [6.45, 7) is 4.19. The topological polar surface area (TPSA) is 104 Å². The highest BCUT2D eigenvalue weighted by Gasteiger charge is 2.41. The minimum Gasteiger partial charge on any atom is -0.354 e. The summed E-state index contributed by atoms with van der Waals surface area (Å²) >= 11 is 5.98. The van der Waals surface area contributed by atoms with Crippen molar-refractivity contribution in [3.63, 3.8) is 0 Å². The van der Waals surface area contributed by atoms with Gasteiger partial charge in [-0.15, -0.1) is 0 Å². The number of fused-ring (bicyclic) bond motifs is 1. The molecule has 10 heteroatoms. The van der Waals surface area contributed by atoms with Crippen molar-refractivity contribution in [1.82, 2.24) is 14.5 Å². The van der Waals surface area contributed by atoms with E-state index >= 15 is 0 Å². The van der Waals surface area contributed by atoms with E-state index in [4.69, 9.17) is 11.6 Å². The third-order valence-corrected chi connectivity index (χ3v) is 8.01. The number of unbranched alkanes of at least 4 members (excludes halogenated alkanes) is 1. The lowest BCUT2D eigenvalue weighted by Gasteiger charge is -2.31. The van der Waals surface area contributed by atoms with Crippen LogP contribution in [0.4, 0.5) is 0 Å². The van der Waals surface area contributed by atoms with Gasteiger partial charge < -0.3 is 10.2 Å². The van der Waals surface area contributed by atoms with E-state index in [1.165, 1.54) is 17.0 Å². The quantitative estimate of drug-likeness (QED) is 0.457. The molecule has 1 heterocycles. The minimum atomic E-state index is -4.02. The number of hydrogen-bond acceptors (Lipinski definition) is 5. The third kappa shape index (κ3) is 6.02. The zero-order valence-electron chi connectivity index (χ0n) is 19.9. The van der Waals surface area contributed by atoms with Crippen molar-refractivity contribution in [3.05, 3.63) is 64.7 Å². The van der Waals surface area contributed by atoms with Crippen LogP contribution in [0.1, 0.15) is 55.5 Å². The van der Waals surface area contributed by atoms with Gasteiger partial charge in [0.2, 0.25) is 11.8 Å². The predicted octanol–water partition coefficient (Wildman–Crippen LogP) is 3.60. The number of sulfonamides is 1. The molecule has 0 aliphatic carbocycles. The molecular formula is C25H30ClN3O5S. The summed E-state index contributed by atoms with van der Waals surface area (Å²) in [5.41, 5.74) is 0.875. The lowest BCUT2D eigenvalue weighted by atomic mass is 10.1. The van der Waals surface area contributed by atoms with E-state index in [1.54, 1.807) is 36.4 Å². The molecule has 2 aromatic rings. The summed E-state index contributed by atoms with van der Waals surface area (Å²) in [7, 11) is -4.02. The number of nitrogens with zero attached hydrogens (tertiary/aromatic N) is 2. The number of nitrogens with one attached hydrogen (secondary N) is 1. The Bertz CT molecular complexity index is 1180. The van der Waals surface area contributed by atoms with Crippen molar-refractivity contribution in [1.29, 1.82) is 0 Å². The second-order valence-corrected chi connectivity index (χ2v) is 10.6. The number of halogens is 1. The fourth-order valence-corrected chi connectivity index (χ4v) is 5.70. The van der Waals surface area contributed by atoms with Crippen LogP contribution in [0.3, 0.4) is 0 Å². The van der Waals surface area contributed by atoms with Crippen molar-refractivity contribution in [2.24, 2.45) is 0 Å². The Labute approximate surface area is 211 Å². The Morgan fingerprint density at radius 3 is 2.40 bits per heavy atom. The van der Waals surface area contributed by atoms with E-state index in [0.29, 0.717) is 18.0 Å². The van der Waals surface area contributed by atoms with Gasteiger partial charge in [-0.05, 0) is 42.7 Å². The molecule has 0 saturated heterocycles. The maximum absolute atomic E-state index is 13.4. The monoisotopic (exact) mass is 519 g/mol. The summed E-state index contributed by atoms with van der Waals surface area (Å²) in [6, 6.07) is 12.2. The number of rotatable bonds is 11. The Morgan fingerprint density at radius 1 is 1.09 bits per heavy atom. The third-order valence-electron chi connectivity index (χ3n) is 5.92. The fourth-order valence-electron chi connectivity index (χ4n) is 4.01. The zero-order valence-corrected chi connectivity index (χ0v) is 21.4. The first-order valence-corrected chi connectivity index (χ1v) is 13.5. The number of carbonyl (C=O) groups excluding carboxylic acids is 3. The highest BCUT2D eigenvalue weighted by Crippen LogP contribution is 2.30. The molecule has 8 nitrogen and oxygen atoms in total. The van der Waals surface area contributed by atoms with Crippen LogP contribution in [-0.2, 0) is 26.2 Å². The van der Waals surface area contributed by atoms with Crippen molar-refractivity contribution < 1.29 is 22.8 Å². The van der Waals surface area contributed by atoms with Crippen molar-refractivity contribution in [3.8, 4) is 0 Å². The van der Waals surface area contributed by atoms with Crippen LogP contribution in [0.2, 0.25) is 5.02 Å². The predicted molar refractivity (Wildman–Crippen MR) is 133 cm³/mol. The molecule has 3 amide bonds. The van der Waals surface area contributed by atoms with Crippen LogP contribution in [-0.4, -0.2) is 54.5 Å². The standard InChI is InChI=1S/C25H30ClN3O5S/c1-3-5-15-27-24(31)21(4-2)28(17-18-10-12-19(26)13-11-18)23(30)14-16-29-25(32)20-8-6-7-9-22(20)35(29,33)34/h6-13,21H,3-5,14-17H2,1-2H3,(H,27,31)/t21-/m1/s1. The van der Waals surface area contributed by atoms with Gasteiger partial charge >= 0.3 is 0 Å². The fraction of sp³-hybridized carbons (Fsp3) is 0.400. The Kier molecular flexibility index (Phi) is 8.91. The van der Waals surface area contributed by atoms with Gasteiger partial charge in [-0.25, -0.2) is 12.7 Å². The second-order valence-electron chi connectivity index (χ2n) is 8.35. The van der Waals surface area contributed by atoms with Crippen molar-refractivity contribution in [2.75, 3.05) is 13.1 Å². The molecule has 1 N–H and O–H groups in total. The summed E-state index contributed by atoms with van der Waals surface area (Å²) in [5.74, 6) is -1.33. The van der Waals surface area contributed by atoms with Gasteiger partial charge in [0.1, 0.15) is 10.9 Å². The van der Waals surface area contributed by atoms with Crippen LogP contribution in [0.25, 0.3) is 0 Å². The van der Waals surface area contributed by atoms with Crippen LogP contribution < -0.4 is 5.32 Å². The van der Waals surface area contributed by atoms with E-state index in [9.17, 15) is 22.8 Å². The lowest BCUT2D eigenvalue weighted by Crippen LogP contribution is -2.49. The zero-order chi connectivity index (χ0) is 25.6. The van der Waals surface area contributed by atoms with Crippen molar-refractivity contribution >= 4 is 39.3 Å². The molecule has 188 valence electrons. The molecule has 0 fully saturated rings. The van der Waals surface area contributed by atoms with Gasteiger partial charge in [0.15, 0.2) is 0 Å². The number of hydrogen-bond donors (Lipinski definition) is 1. The van der Waals surface area contributed by atoms with Gasteiger partial charge in [-0.3, -0.25) is 14.4 Å². The molecule has 0 saturated carbocycles. The molecule has 1 atom stereocenters. The summed E-state index contributed by atoms with van der Waals surface area (Å²) in [5, 5.41) is 3.43. The van der Waals surface area contributed by atoms with Crippen LogP contribution in [0.15, 0.2) is 53.4 Å². The van der Waals surface area contributed by atoms with Gasteiger partial charge in [0.25, 0.3) is 15.9 Å². The van der Waals surface area contributed by atoms with E-state index in [1.807, 2.05) is 13.8 Å². The minimum absolute atomic E-state index is 0.0581. The van der Waals surface area contributed by atoms with E-state index < -0.39 is 27.9 Å². The highest BCUT2D eigenvalue weighted by molar-refractivity contribution is 7.90. The molecule has 0 radical (unpaired) electrons. The normalized spacial score (nSPS) is 14.9. The Hall–Kier alpha value is -2.91. The molecule has 1 aliphatic rings. The molecule has 1 aliphatic heterocycles. The molecule has 3 rings (SSSR count). The van der Waals surface area contributed by atoms with E-state index in [2.05, 4.69) is 5.32 Å². The summed E-state index contributed by atoms with van der Waals surface area (Å²) in [4.78, 5) is 40.4. The first-order valence-electron chi connectivity index (χ1n) is 11.7. The molecule has 2 aromatic carbocycles. The average Bonchev–Trinajstić information content (AvgIpc) is 3.04. The van der Waals surface area contributed by atoms with Crippen molar-refractivity contribution in [2.45, 2.75) is 57.0 Å². The molecule has 35 heavy (non-hydrogen) atoms. The molecule has 0 unspecified atom stereocenters. The largest absolute Gasteiger partial charge is 0.354 e. The lowest BCUT2D eigenvalue weighted by molar-refractivity contribution is -0.141. The van der Waals surface area contributed by atoms with Gasteiger partial charge in [0.05, 0.1) is 5.56 Å². The summed E-state index contributed by atoms with van der Waals surface area (Å²) < 4.78 is 26.4. The number of benzene rings is 2. The number of amides is 3. The molecular weight excluding hydrogens is 490 g/mol. The Balaban J connectivity index is 1.80. The molecule has 0 aromatic heterocycles. The molecule has 0 bridgehead atoms. The smallest absolute Gasteiger partial charge is 0.269 e. The summed E-state index contributed by atoms with van der Waals surface area (Å²) in [6.07, 6.45) is 1.88. The van der Waals surface area contributed by atoms with Crippen LogP contribution >= 0.6 is 11.6 Å². The number of carbonyl (C=O) groups is 3. The first-order chi connectivity index (χ1) is 16.7. The Morgan fingerprint density at radius 2 is 1.77 bits per heavy atom.